The number of hydrogen-bond donors (Lipinski definition) is 1. The summed E-state index contributed by atoms with van der Waals surface area (Å²) in [7, 11) is 0. The molecule has 0 aliphatic rings. The fourth-order valence-electron chi connectivity index (χ4n) is 1.50. The van der Waals surface area contributed by atoms with Gasteiger partial charge in [0.1, 0.15) is 0 Å². The summed E-state index contributed by atoms with van der Waals surface area (Å²) in [6.07, 6.45) is 8.81. The predicted molar refractivity (Wildman–Crippen MR) is 61.4 cm³/mol. The quantitative estimate of drug-likeness (QED) is 0.630. The van der Waals surface area contributed by atoms with E-state index in [4.69, 9.17) is 0 Å². The summed E-state index contributed by atoms with van der Waals surface area (Å²) in [6, 6.07) is 0. The van der Waals surface area contributed by atoms with E-state index >= 15 is 0 Å². The van der Waals surface area contributed by atoms with Crippen LogP contribution in [0.3, 0.4) is 0 Å². The van der Waals surface area contributed by atoms with Crippen molar-refractivity contribution in [2.24, 2.45) is 0 Å². The number of carbonyl (C=O) groups is 2. The minimum atomic E-state index is -0.261. The molecule has 0 radical (unpaired) electrons. The number of imide groups is 1. The Labute approximate surface area is 92.6 Å². The molecule has 0 saturated carbocycles. The SMILES string of the molecule is CCCCCCCCCC(=O)NC(C)=O. The van der Waals surface area contributed by atoms with Gasteiger partial charge in [-0.05, 0) is 6.42 Å². The van der Waals surface area contributed by atoms with E-state index in [1.54, 1.807) is 0 Å². The summed E-state index contributed by atoms with van der Waals surface area (Å²) in [5, 5.41) is 2.28. The van der Waals surface area contributed by atoms with Crippen LogP contribution in [0.25, 0.3) is 0 Å². The molecule has 0 aliphatic heterocycles. The Morgan fingerprint density at radius 1 is 0.933 bits per heavy atom. The molecule has 88 valence electrons. The molecular weight excluding hydrogens is 190 g/mol. The Morgan fingerprint density at radius 2 is 1.47 bits per heavy atom. The third-order valence-electron chi connectivity index (χ3n) is 2.32. The first kappa shape index (κ1) is 14.1. The molecule has 0 heterocycles. The molecule has 2 amide bonds. The Bertz CT molecular complexity index is 190. The van der Waals surface area contributed by atoms with Gasteiger partial charge in [-0.1, -0.05) is 45.4 Å². The van der Waals surface area contributed by atoms with E-state index in [0.717, 1.165) is 12.8 Å². The molecule has 3 heteroatoms. The normalized spacial score (nSPS) is 10.0. The summed E-state index contributed by atoms with van der Waals surface area (Å²) < 4.78 is 0. The van der Waals surface area contributed by atoms with E-state index in [1.165, 1.54) is 39.0 Å². The average Bonchev–Trinajstić information content (AvgIpc) is 2.15. The van der Waals surface area contributed by atoms with Crippen molar-refractivity contribution in [3.63, 3.8) is 0 Å². The Balaban J connectivity index is 3.16. The molecule has 0 fully saturated rings. The molecule has 0 atom stereocenters. The van der Waals surface area contributed by atoms with Gasteiger partial charge in [0.2, 0.25) is 11.8 Å². The van der Waals surface area contributed by atoms with Gasteiger partial charge in [-0.3, -0.25) is 14.9 Å². The maximum Gasteiger partial charge on any atom is 0.226 e. The second kappa shape index (κ2) is 9.69. The molecule has 1 N–H and O–H groups in total. The largest absolute Gasteiger partial charge is 0.297 e. The summed E-state index contributed by atoms with van der Waals surface area (Å²) in [4.78, 5) is 21.6. The molecule has 0 rings (SSSR count). The minimum absolute atomic E-state index is 0.143. The van der Waals surface area contributed by atoms with E-state index in [2.05, 4.69) is 12.2 Å². The number of unbranched alkanes of at least 4 members (excludes halogenated alkanes) is 6. The molecule has 15 heavy (non-hydrogen) atoms. The number of nitrogens with one attached hydrogen (secondary N) is 1. The average molecular weight is 213 g/mol. The third-order valence-corrected chi connectivity index (χ3v) is 2.32. The van der Waals surface area contributed by atoms with Gasteiger partial charge in [0.15, 0.2) is 0 Å². The van der Waals surface area contributed by atoms with E-state index in [1.807, 2.05) is 0 Å². The summed E-state index contributed by atoms with van der Waals surface area (Å²) in [6.45, 7) is 3.56. The maximum atomic E-state index is 11.1. The standard InChI is InChI=1S/C12H23NO2/c1-3-4-5-6-7-8-9-10-12(15)13-11(2)14/h3-10H2,1-2H3,(H,13,14,15). The first-order valence-corrected chi connectivity index (χ1v) is 5.97. The molecule has 0 spiro atoms. The Kier molecular flexibility index (Phi) is 9.13. The Morgan fingerprint density at radius 3 is 2.00 bits per heavy atom. The molecule has 0 aromatic heterocycles. The topological polar surface area (TPSA) is 46.2 Å². The Hall–Kier alpha value is -0.860. The highest BCUT2D eigenvalue weighted by Gasteiger charge is 2.02. The van der Waals surface area contributed by atoms with Crippen molar-refractivity contribution in [3.8, 4) is 0 Å². The van der Waals surface area contributed by atoms with Gasteiger partial charge in [-0.25, -0.2) is 0 Å². The second-order valence-corrected chi connectivity index (χ2v) is 3.98. The molecule has 0 aliphatic carbocycles. The van der Waals surface area contributed by atoms with Gasteiger partial charge < -0.3 is 0 Å². The lowest BCUT2D eigenvalue weighted by Crippen LogP contribution is -2.27. The summed E-state index contributed by atoms with van der Waals surface area (Å²) in [5.74, 6) is -0.404. The number of hydrogen-bond acceptors (Lipinski definition) is 2. The van der Waals surface area contributed by atoms with E-state index in [0.29, 0.717) is 6.42 Å². The molecule has 0 aromatic rings. The van der Waals surface area contributed by atoms with Crippen molar-refractivity contribution in [2.75, 3.05) is 0 Å². The molecule has 0 aromatic carbocycles. The van der Waals surface area contributed by atoms with Gasteiger partial charge in [0.25, 0.3) is 0 Å². The van der Waals surface area contributed by atoms with E-state index in [-0.39, 0.29) is 11.8 Å². The van der Waals surface area contributed by atoms with Crippen molar-refractivity contribution in [3.05, 3.63) is 0 Å². The lowest BCUT2D eigenvalue weighted by Gasteiger charge is -2.01. The van der Waals surface area contributed by atoms with Crippen LogP contribution < -0.4 is 5.32 Å². The monoisotopic (exact) mass is 213 g/mol. The molecule has 0 unspecified atom stereocenters. The van der Waals surface area contributed by atoms with Crippen LogP contribution in [0.15, 0.2) is 0 Å². The fraction of sp³-hybridized carbons (Fsp3) is 0.833. The van der Waals surface area contributed by atoms with E-state index in [9.17, 15) is 9.59 Å². The van der Waals surface area contributed by atoms with Crippen LogP contribution in [0.5, 0.6) is 0 Å². The molecule has 3 nitrogen and oxygen atoms in total. The summed E-state index contributed by atoms with van der Waals surface area (Å²) >= 11 is 0. The van der Waals surface area contributed by atoms with Crippen molar-refractivity contribution >= 4 is 11.8 Å². The van der Waals surface area contributed by atoms with Gasteiger partial charge in [0.05, 0.1) is 0 Å². The lowest BCUT2D eigenvalue weighted by atomic mass is 10.1. The van der Waals surface area contributed by atoms with Crippen LogP contribution in [0.4, 0.5) is 0 Å². The maximum absolute atomic E-state index is 11.1. The van der Waals surface area contributed by atoms with Crippen LogP contribution >= 0.6 is 0 Å². The van der Waals surface area contributed by atoms with Gasteiger partial charge >= 0.3 is 0 Å². The van der Waals surface area contributed by atoms with Crippen LogP contribution in [-0.4, -0.2) is 11.8 Å². The third kappa shape index (κ3) is 11.1. The highest BCUT2D eigenvalue weighted by atomic mass is 16.2. The van der Waals surface area contributed by atoms with Gasteiger partial charge in [0, 0.05) is 13.3 Å². The highest BCUT2D eigenvalue weighted by Crippen LogP contribution is 2.08. The molecule has 0 bridgehead atoms. The molecule has 0 saturated heterocycles. The van der Waals surface area contributed by atoms with Crippen molar-refractivity contribution < 1.29 is 9.59 Å². The van der Waals surface area contributed by atoms with Crippen molar-refractivity contribution in [1.82, 2.24) is 5.32 Å². The smallest absolute Gasteiger partial charge is 0.226 e. The zero-order valence-corrected chi connectivity index (χ0v) is 9.97. The van der Waals surface area contributed by atoms with Gasteiger partial charge in [-0.15, -0.1) is 0 Å². The number of rotatable bonds is 8. The van der Waals surface area contributed by atoms with Crippen LogP contribution in [0, 0.1) is 0 Å². The number of carbonyl (C=O) groups excluding carboxylic acids is 2. The number of amides is 2. The minimum Gasteiger partial charge on any atom is -0.297 e. The zero-order valence-electron chi connectivity index (χ0n) is 9.97. The second-order valence-electron chi connectivity index (χ2n) is 3.98. The van der Waals surface area contributed by atoms with Crippen LogP contribution in [0.2, 0.25) is 0 Å². The molecular formula is C12H23NO2. The first-order chi connectivity index (χ1) is 7.16. The zero-order chi connectivity index (χ0) is 11.5. The van der Waals surface area contributed by atoms with Crippen LogP contribution in [-0.2, 0) is 9.59 Å². The predicted octanol–water partition coefficient (Wildman–Crippen LogP) is 2.79. The van der Waals surface area contributed by atoms with Crippen molar-refractivity contribution in [2.45, 2.75) is 65.2 Å². The highest BCUT2D eigenvalue weighted by molar-refractivity contribution is 5.93. The summed E-state index contributed by atoms with van der Waals surface area (Å²) in [5.41, 5.74) is 0. The fourth-order valence-corrected chi connectivity index (χ4v) is 1.50. The van der Waals surface area contributed by atoms with E-state index < -0.39 is 0 Å². The van der Waals surface area contributed by atoms with Crippen molar-refractivity contribution in [1.29, 1.82) is 0 Å². The first-order valence-electron chi connectivity index (χ1n) is 5.97. The van der Waals surface area contributed by atoms with Crippen LogP contribution in [0.1, 0.15) is 65.2 Å². The lowest BCUT2D eigenvalue weighted by molar-refractivity contribution is -0.129. The van der Waals surface area contributed by atoms with Gasteiger partial charge in [-0.2, -0.15) is 0 Å².